The van der Waals surface area contributed by atoms with Crippen LogP contribution in [0.1, 0.15) is 18.1 Å². The van der Waals surface area contributed by atoms with Gasteiger partial charge in [0, 0.05) is 0 Å². The van der Waals surface area contributed by atoms with Gasteiger partial charge in [-0.15, -0.1) is 0 Å². The Morgan fingerprint density at radius 1 is 1.06 bits per heavy atom. The maximum absolute atomic E-state index is 10.9. The van der Waals surface area contributed by atoms with Gasteiger partial charge in [0.15, 0.2) is 5.78 Å². The highest BCUT2D eigenvalue weighted by molar-refractivity contribution is 5.97. The standard InChI is InChI=1S/C15H14O/c1-11-7-9-13(10-8-12(2)16)15-6-4-3-5-14(11)15/h3-10H,1-2H3/b10-8+. The van der Waals surface area contributed by atoms with Gasteiger partial charge in [-0.3, -0.25) is 4.79 Å². The molecule has 2 aromatic rings. The van der Waals surface area contributed by atoms with E-state index in [-0.39, 0.29) is 5.78 Å². The average Bonchev–Trinajstić information content (AvgIpc) is 2.28. The zero-order valence-electron chi connectivity index (χ0n) is 9.53. The van der Waals surface area contributed by atoms with Crippen LogP contribution in [0.2, 0.25) is 0 Å². The number of aryl methyl sites for hydroxylation is 1. The quantitative estimate of drug-likeness (QED) is 0.690. The van der Waals surface area contributed by atoms with E-state index in [4.69, 9.17) is 0 Å². The van der Waals surface area contributed by atoms with Crippen LogP contribution in [0, 0.1) is 6.92 Å². The molecule has 0 radical (unpaired) electrons. The highest BCUT2D eigenvalue weighted by atomic mass is 16.1. The molecular weight excluding hydrogens is 196 g/mol. The largest absolute Gasteiger partial charge is 0.295 e. The van der Waals surface area contributed by atoms with Crippen molar-refractivity contribution in [3.8, 4) is 0 Å². The van der Waals surface area contributed by atoms with Crippen LogP contribution in [0.5, 0.6) is 0 Å². The van der Waals surface area contributed by atoms with Gasteiger partial charge in [0.1, 0.15) is 0 Å². The first-order valence-electron chi connectivity index (χ1n) is 5.35. The van der Waals surface area contributed by atoms with Crippen molar-refractivity contribution in [2.45, 2.75) is 13.8 Å². The summed E-state index contributed by atoms with van der Waals surface area (Å²) in [5, 5.41) is 2.44. The number of ketones is 1. The van der Waals surface area contributed by atoms with E-state index in [0.29, 0.717) is 0 Å². The number of benzene rings is 2. The van der Waals surface area contributed by atoms with E-state index in [1.807, 2.05) is 18.2 Å². The van der Waals surface area contributed by atoms with Gasteiger partial charge in [-0.2, -0.15) is 0 Å². The van der Waals surface area contributed by atoms with E-state index in [1.54, 1.807) is 13.0 Å². The maximum atomic E-state index is 10.9. The molecule has 2 rings (SSSR count). The van der Waals surface area contributed by atoms with Gasteiger partial charge in [0.2, 0.25) is 0 Å². The third-order valence-electron chi connectivity index (χ3n) is 2.67. The van der Waals surface area contributed by atoms with E-state index in [0.717, 1.165) is 5.56 Å². The first-order valence-corrected chi connectivity index (χ1v) is 5.35. The summed E-state index contributed by atoms with van der Waals surface area (Å²) in [6.07, 6.45) is 3.49. The first kappa shape index (κ1) is 10.6. The topological polar surface area (TPSA) is 17.1 Å². The fraction of sp³-hybridized carbons (Fsp3) is 0.133. The molecule has 0 atom stereocenters. The fourth-order valence-corrected chi connectivity index (χ4v) is 1.83. The minimum Gasteiger partial charge on any atom is -0.295 e. The van der Waals surface area contributed by atoms with Crippen LogP contribution < -0.4 is 0 Å². The summed E-state index contributed by atoms with van der Waals surface area (Å²) < 4.78 is 0. The van der Waals surface area contributed by atoms with Crippen molar-refractivity contribution in [3.05, 3.63) is 53.6 Å². The highest BCUT2D eigenvalue weighted by Crippen LogP contribution is 2.23. The summed E-state index contributed by atoms with van der Waals surface area (Å²) in [5.74, 6) is 0.0738. The molecule has 0 aliphatic heterocycles. The molecular formula is C15H14O. The van der Waals surface area contributed by atoms with Crippen LogP contribution in [0.15, 0.2) is 42.5 Å². The fourth-order valence-electron chi connectivity index (χ4n) is 1.83. The monoisotopic (exact) mass is 210 g/mol. The molecule has 0 aliphatic carbocycles. The molecule has 0 unspecified atom stereocenters. The molecule has 1 heteroatoms. The van der Waals surface area contributed by atoms with Gasteiger partial charge in [0.25, 0.3) is 0 Å². The Morgan fingerprint density at radius 2 is 1.75 bits per heavy atom. The number of hydrogen-bond acceptors (Lipinski definition) is 1. The molecule has 2 aromatic carbocycles. The lowest BCUT2D eigenvalue weighted by atomic mass is 10.00. The third-order valence-corrected chi connectivity index (χ3v) is 2.67. The van der Waals surface area contributed by atoms with Crippen molar-refractivity contribution in [3.63, 3.8) is 0 Å². The number of hydrogen-bond donors (Lipinski definition) is 0. The van der Waals surface area contributed by atoms with Gasteiger partial charge in [0.05, 0.1) is 0 Å². The van der Waals surface area contributed by atoms with Gasteiger partial charge < -0.3 is 0 Å². The molecule has 1 nitrogen and oxygen atoms in total. The van der Waals surface area contributed by atoms with Crippen molar-refractivity contribution in [1.82, 2.24) is 0 Å². The van der Waals surface area contributed by atoms with E-state index in [1.165, 1.54) is 16.3 Å². The SMILES string of the molecule is CC(=O)/C=C/c1ccc(C)c2ccccc12. The number of carbonyl (C=O) groups is 1. The summed E-state index contributed by atoms with van der Waals surface area (Å²) >= 11 is 0. The molecule has 80 valence electrons. The number of carbonyl (C=O) groups excluding carboxylic acids is 1. The second-order valence-electron chi connectivity index (χ2n) is 3.96. The van der Waals surface area contributed by atoms with E-state index >= 15 is 0 Å². The molecule has 0 heterocycles. The minimum absolute atomic E-state index is 0.0738. The van der Waals surface area contributed by atoms with E-state index < -0.39 is 0 Å². The Bertz CT molecular complexity index is 565. The van der Waals surface area contributed by atoms with E-state index in [2.05, 4.69) is 31.2 Å². The lowest BCUT2D eigenvalue weighted by molar-refractivity contribution is -0.112. The van der Waals surface area contributed by atoms with E-state index in [9.17, 15) is 4.79 Å². The lowest BCUT2D eigenvalue weighted by Crippen LogP contribution is -1.84. The Balaban J connectivity index is 2.63. The molecule has 0 saturated heterocycles. The van der Waals surface area contributed by atoms with Crippen molar-refractivity contribution in [2.75, 3.05) is 0 Å². The predicted molar refractivity (Wildman–Crippen MR) is 68.4 cm³/mol. The molecule has 0 saturated carbocycles. The zero-order chi connectivity index (χ0) is 11.5. The molecule has 16 heavy (non-hydrogen) atoms. The average molecular weight is 210 g/mol. The molecule has 0 aromatic heterocycles. The number of fused-ring (bicyclic) bond motifs is 1. The summed E-state index contributed by atoms with van der Waals surface area (Å²) in [7, 11) is 0. The lowest BCUT2D eigenvalue weighted by Gasteiger charge is -2.05. The van der Waals surface area contributed by atoms with Gasteiger partial charge in [-0.25, -0.2) is 0 Å². The number of allylic oxidation sites excluding steroid dienone is 1. The molecule has 0 aliphatic rings. The van der Waals surface area contributed by atoms with Crippen molar-refractivity contribution < 1.29 is 4.79 Å². The van der Waals surface area contributed by atoms with Crippen LogP contribution in [0.3, 0.4) is 0 Å². The van der Waals surface area contributed by atoms with Crippen molar-refractivity contribution in [1.29, 1.82) is 0 Å². The van der Waals surface area contributed by atoms with Gasteiger partial charge in [-0.1, -0.05) is 42.5 Å². The molecule has 0 bridgehead atoms. The molecule has 0 spiro atoms. The highest BCUT2D eigenvalue weighted by Gasteiger charge is 2.00. The summed E-state index contributed by atoms with van der Waals surface area (Å²) in [4.78, 5) is 10.9. The minimum atomic E-state index is 0.0738. The predicted octanol–water partition coefficient (Wildman–Crippen LogP) is 3.75. The smallest absolute Gasteiger partial charge is 0.152 e. The Kier molecular flexibility index (Phi) is 2.86. The van der Waals surface area contributed by atoms with Crippen molar-refractivity contribution in [2.24, 2.45) is 0 Å². The van der Waals surface area contributed by atoms with Crippen LogP contribution in [-0.2, 0) is 4.79 Å². The third kappa shape index (κ3) is 2.03. The second-order valence-corrected chi connectivity index (χ2v) is 3.96. The van der Waals surface area contributed by atoms with Crippen LogP contribution in [0.25, 0.3) is 16.8 Å². The van der Waals surface area contributed by atoms with Gasteiger partial charge in [-0.05, 0) is 41.8 Å². The molecule has 0 amide bonds. The summed E-state index contributed by atoms with van der Waals surface area (Å²) in [6.45, 7) is 3.66. The Morgan fingerprint density at radius 3 is 2.44 bits per heavy atom. The Hall–Kier alpha value is -1.89. The van der Waals surface area contributed by atoms with Crippen LogP contribution in [0.4, 0.5) is 0 Å². The summed E-state index contributed by atoms with van der Waals surface area (Å²) in [5.41, 5.74) is 2.35. The van der Waals surface area contributed by atoms with Gasteiger partial charge >= 0.3 is 0 Å². The molecule has 0 N–H and O–H groups in total. The maximum Gasteiger partial charge on any atom is 0.152 e. The summed E-state index contributed by atoms with van der Waals surface area (Å²) in [6, 6.07) is 12.4. The Labute approximate surface area is 95.4 Å². The van der Waals surface area contributed by atoms with Crippen molar-refractivity contribution >= 4 is 22.6 Å². The zero-order valence-corrected chi connectivity index (χ0v) is 9.53. The normalized spacial score (nSPS) is 11.1. The first-order chi connectivity index (χ1) is 7.68. The second kappa shape index (κ2) is 4.31. The van der Waals surface area contributed by atoms with Crippen LogP contribution in [-0.4, -0.2) is 5.78 Å². The van der Waals surface area contributed by atoms with Crippen LogP contribution >= 0.6 is 0 Å². The molecule has 0 fully saturated rings. The number of rotatable bonds is 2.